The van der Waals surface area contributed by atoms with Crippen molar-refractivity contribution < 1.29 is 9.47 Å². The molecule has 0 saturated carbocycles. The molecule has 0 aromatic heterocycles. The van der Waals surface area contributed by atoms with Gasteiger partial charge in [-0.25, -0.2) is 0 Å². The molecule has 0 aromatic rings. The van der Waals surface area contributed by atoms with Crippen LogP contribution in [-0.2, 0) is 9.47 Å². The second kappa shape index (κ2) is 12.1. The summed E-state index contributed by atoms with van der Waals surface area (Å²) in [5.74, 6) is 0. The van der Waals surface area contributed by atoms with E-state index >= 15 is 0 Å². The van der Waals surface area contributed by atoms with Gasteiger partial charge >= 0.3 is 0 Å². The fraction of sp³-hybridized carbons (Fsp3) is 0.800. The van der Waals surface area contributed by atoms with Crippen LogP contribution in [0, 0.1) is 0 Å². The smallest absolute Gasteiger partial charge is 0.146 e. The molecule has 0 bridgehead atoms. The van der Waals surface area contributed by atoms with Gasteiger partial charge in [-0.1, -0.05) is 28.1 Å². The van der Waals surface area contributed by atoms with Gasteiger partial charge in [0.15, 0.2) is 0 Å². The summed E-state index contributed by atoms with van der Waals surface area (Å²) in [5.41, 5.74) is 0. The molecule has 0 aliphatic heterocycles. The van der Waals surface area contributed by atoms with Gasteiger partial charge in [-0.3, -0.25) is 0 Å². The summed E-state index contributed by atoms with van der Waals surface area (Å²) in [6.07, 6.45) is 7.70. The minimum atomic E-state index is 0.422. The van der Waals surface area contributed by atoms with Gasteiger partial charge in [-0.2, -0.15) is 0 Å². The third-order valence-corrected chi connectivity index (χ3v) is 2.03. The Labute approximate surface area is 89.4 Å². The summed E-state index contributed by atoms with van der Waals surface area (Å²) in [5, 5.41) is 1.08. The molecule has 0 aromatic carbocycles. The number of hydrogen-bond donors (Lipinski definition) is 0. The molecular weight excluding hydrogens is 232 g/mol. The third kappa shape index (κ3) is 12.1. The summed E-state index contributed by atoms with van der Waals surface area (Å²) in [6, 6.07) is 0. The highest BCUT2D eigenvalue weighted by Gasteiger charge is 1.84. The largest absolute Gasteiger partial charge is 0.356 e. The lowest BCUT2D eigenvalue weighted by Gasteiger charge is -2.00. The lowest BCUT2D eigenvalue weighted by atomic mass is 10.3. The van der Waals surface area contributed by atoms with Gasteiger partial charge in [0.2, 0.25) is 0 Å². The molecule has 13 heavy (non-hydrogen) atoms. The monoisotopic (exact) mass is 250 g/mol. The van der Waals surface area contributed by atoms with Gasteiger partial charge < -0.3 is 9.47 Å². The van der Waals surface area contributed by atoms with Gasteiger partial charge in [0.1, 0.15) is 6.79 Å². The predicted molar refractivity (Wildman–Crippen MR) is 59.2 cm³/mol. The Morgan fingerprint density at radius 2 is 1.92 bits per heavy atom. The zero-order chi connectivity index (χ0) is 9.78. The lowest BCUT2D eigenvalue weighted by molar-refractivity contribution is -0.0476. The highest BCUT2D eigenvalue weighted by atomic mass is 79.9. The first-order valence-electron chi connectivity index (χ1n) is 4.78. The molecule has 3 heteroatoms. The van der Waals surface area contributed by atoms with Crippen LogP contribution in [0.15, 0.2) is 12.2 Å². The zero-order valence-corrected chi connectivity index (χ0v) is 9.88. The van der Waals surface area contributed by atoms with E-state index in [4.69, 9.17) is 9.47 Å². The molecule has 0 saturated heterocycles. The molecule has 0 spiro atoms. The van der Waals surface area contributed by atoms with Crippen molar-refractivity contribution >= 4 is 15.9 Å². The Bertz CT molecular complexity index is 115. The predicted octanol–water partition coefficient (Wildman–Crippen LogP) is 3.12. The summed E-state index contributed by atoms with van der Waals surface area (Å²) < 4.78 is 10.2. The van der Waals surface area contributed by atoms with Gasteiger partial charge in [0.05, 0.1) is 6.61 Å². The Hall–Kier alpha value is 0.140. The number of unbranched alkanes of at least 4 members (excludes halogenated alkanes) is 1. The normalized spacial score (nSPS) is 11.2. The van der Waals surface area contributed by atoms with Gasteiger partial charge in [-0.15, -0.1) is 0 Å². The van der Waals surface area contributed by atoms with Crippen LogP contribution in [0.1, 0.15) is 26.2 Å². The summed E-state index contributed by atoms with van der Waals surface area (Å²) in [7, 11) is 0. The first-order valence-corrected chi connectivity index (χ1v) is 5.90. The SMILES string of the molecule is CCOCOCCC=CCCCBr. The first kappa shape index (κ1) is 13.1. The molecule has 0 heterocycles. The van der Waals surface area contributed by atoms with E-state index < -0.39 is 0 Å². The summed E-state index contributed by atoms with van der Waals surface area (Å²) in [6.45, 7) is 3.86. The number of alkyl halides is 1. The van der Waals surface area contributed by atoms with E-state index in [0.29, 0.717) is 6.79 Å². The van der Waals surface area contributed by atoms with E-state index in [1.165, 1.54) is 6.42 Å². The zero-order valence-electron chi connectivity index (χ0n) is 8.30. The van der Waals surface area contributed by atoms with Crippen molar-refractivity contribution in [2.24, 2.45) is 0 Å². The Morgan fingerprint density at radius 3 is 2.62 bits per heavy atom. The molecule has 0 aliphatic rings. The van der Waals surface area contributed by atoms with Crippen molar-refractivity contribution in [2.45, 2.75) is 26.2 Å². The Kier molecular flexibility index (Phi) is 12.3. The molecule has 0 amide bonds. The van der Waals surface area contributed by atoms with Crippen molar-refractivity contribution in [1.29, 1.82) is 0 Å². The fourth-order valence-electron chi connectivity index (χ4n) is 0.783. The van der Waals surface area contributed by atoms with Crippen LogP contribution in [0.25, 0.3) is 0 Å². The maximum atomic E-state index is 5.20. The Balaban J connectivity index is 2.93. The Morgan fingerprint density at radius 1 is 1.15 bits per heavy atom. The van der Waals surface area contributed by atoms with E-state index in [1.54, 1.807) is 0 Å². The molecule has 0 radical (unpaired) electrons. The minimum Gasteiger partial charge on any atom is -0.356 e. The van der Waals surface area contributed by atoms with E-state index in [0.717, 1.165) is 31.4 Å². The number of hydrogen-bond acceptors (Lipinski definition) is 2. The van der Waals surface area contributed by atoms with Crippen LogP contribution in [-0.4, -0.2) is 25.3 Å². The first-order chi connectivity index (χ1) is 6.41. The maximum absolute atomic E-state index is 5.20. The van der Waals surface area contributed by atoms with E-state index in [1.807, 2.05) is 6.92 Å². The third-order valence-electron chi connectivity index (χ3n) is 1.47. The molecule has 0 fully saturated rings. The van der Waals surface area contributed by atoms with E-state index in [-0.39, 0.29) is 0 Å². The average Bonchev–Trinajstić information content (AvgIpc) is 2.16. The van der Waals surface area contributed by atoms with Crippen molar-refractivity contribution in [3.63, 3.8) is 0 Å². The van der Waals surface area contributed by atoms with Crippen LogP contribution in [0.5, 0.6) is 0 Å². The van der Waals surface area contributed by atoms with Crippen LogP contribution in [0.2, 0.25) is 0 Å². The van der Waals surface area contributed by atoms with E-state index in [9.17, 15) is 0 Å². The van der Waals surface area contributed by atoms with Crippen molar-refractivity contribution in [3.05, 3.63) is 12.2 Å². The standard InChI is InChI=1S/C10H19BrO2/c1-2-12-10-13-9-7-5-3-4-6-8-11/h3,5H,2,4,6-10H2,1H3. The van der Waals surface area contributed by atoms with Crippen molar-refractivity contribution in [2.75, 3.05) is 25.3 Å². The van der Waals surface area contributed by atoms with Crippen LogP contribution in [0.4, 0.5) is 0 Å². The number of allylic oxidation sites excluding steroid dienone is 1. The van der Waals surface area contributed by atoms with Gasteiger partial charge in [-0.05, 0) is 26.2 Å². The number of rotatable bonds is 9. The number of ether oxygens (including phenoxy) is 2. The minimum absolute atomic E-state index is 0.422. The van der Waals surface area contributed by atoms with Gasteiger partial charge in [0, 0.05) is 11.9 Å². The van der Waals surface area contributed by atoms with Crippen LogP contribution >= 0.6 is 15.9 Å². The van der Waals surface area contributed by atoms with Gasteiger partial charge in [0.25, 0.3) is 0 Å². The lowest BCUT2D eigenvalue weighted by Crippen LogP contribution is -1.99. The molecule has 0 rings (SSSR count). The second-order valence-corrected chi connectivity index (χ2v) is 3.40. The molecule has 0 atom stereocenters. The maximum Gasteiger partial charge on any atom is 0.146 e. The van der Waals surface area contributed by atoms with Crippen LogP contribution in [0.3, 0.4) is 0 Å². The summed E-state index contributed by atoms with van der Waals surface area (Å²) >= 11 is 3.39. The molecule has 0 N–H and O–H groups in total. The van der Waals surface area contributed by atoms with Crippen molar-refractivity contribution in [3.8, 4) is 0 Å². The van der Waals surface area contributed by atoms with Crippen LogP contribution < -0.4 is 0 Å². The van der Waals surface area contributed by atoms with E-state index in [2.05, 4.69) is 28.1 Å². The summed E-state index contributed by atoms with van der Waals surface area (Å²) in [4.78, 5) is 0. The van der Waals surface area contributed by atoms with Crippen molar-refractivity contribution in [1.82, 2.24) is 0 Å². The number of halogens is 1. The molecule has 0 unspecified atom stereocenters. The quantitative estimate of drug-likeness (QED) is 0.271. The molecule has 78 valence electrons. The highest BCUT2D eigenvalue weighted by molar-refractivity contribution is 9.09. The molecule has 2 nitrogen and oxygen atoms in total. The fourth-order valence-corrected chi connectivity index (χ4v) is 1.11. The average molecular weight is 251 g/mol. The molecular formula is C10H19BrO2. The topological polar surface area (TPSA) is 18.5 Å². The highest BCUT2D eigenvalue weighted by Crippen LogP contribution is 1.96. The molecule has 0 aliphatic carbocycles. The second-order valence-electron chi connectivity index (χ2n) is 2.61.